The zero-order valence-electron chi connectivity index (χ0n) is 22.3. The molecule has 0 radical (unpaired) electrons. The number of carbonyl (C=O) groups is 2. The number of nitrogens with one attached hydrogen (secondary N) is 1. The predicted octanol–water partition coefficient (Wildman–Crippen LogP) is 6.95. The maximum Gasteiger partial charge on any atom is 0.322 e. The van der Waals surface area contributed by atoms with E-state index in [1.54, 1.807) is 21.9 Å². The minimum Gasteiger partial charge on any atom is -0.316 e. The Hall–Kier alpha value is -4.39. The number of rotatable bonds is 8. The van der Waals surface area contributed by atoms with E-state index in [-0.39, 0.29) is 24.3 Å². The molecule has 1 aliphatic rings. The number of hydrogen-bond acceptors (Lipinski definition) is 2. The maximum absolute atomic E-state index is 14.2. The first kappa shape index (κ1) is 26.2. The van der Waals surface area contributed by atoms with E-state index < -0.39 is 6.04 Å². The molecule has 1 unspecified atom stereocenters. The van der Waals surface area contributed by atoms with Crippen molar-refractivity contribution in [3.05, 3.63) is 114 Å². The number of aromatic nitrogens is 1. The fraction of sp³-hybridized carbons (Fsp3) is 0.250. The van der Waals surface area contributed by atoms with Gasteiger partial charge in [-0.1, -0.05) is 56.7 Å². The highest BCUT2D eigenvalue weighted by Crippen LogP contribution is 2.42. The molecule has 200 valence electrons. The number of unbranched alkanes of at least 4 members (excludes halogenated alkanes) is 1. The summed E-state index contributed by atoms with van der Waals surface area (Å²) in [7, 11) is 0. The molecule has 1 N–H and O–H groups in total. The molecule has 0 fully saturated rings. The second kappa shape index (κ2) is 11.6. The number of halogens is 1. The predicted molar refractivity (Wildman–Crippen MR) is 153 cm³/mol. The van der Waals surface area contributed by atoms with Crippen molar-refractivity contribution in [3.8, 4) is 5.69 Å². The fourth-order valence-corrected chi connectivity index (χ4v) is 5.09. The molecule has 1 atom stereocenters. The number of benzene rings is 3. The molecule has 1 aliphatic heterocycles. The molecule has 6 nitrogen and oxygen atoms in total. The zero-order valence-corrected chi connectivity index (χ0v) is 22.3. The van der Waals surface area contributed by atoms with Crippen molar-refractivity contribution in [2.24, 2.45) is 0 Å². The van der Waals surface area contributed by atoms with E-state index in [4.69, 9.17) is 0 Å². The van der Waals surface area contributed by atoms with Crippen LogP contribution in [-0.2, 0) is 11.2 Å². The Morgan fingerprint density at radius 1 is 0.897 bits per heavy atom. The third-order valence-electron chi connectivity index (χ3n) is 7.18. The largest absolute Gasteiger partial charge is 0.322 e. The summed E-state index contributed by atoms with van der Waals surface area (Å²) in [5.41, 5.74) is 5.19. The standard InChI is InChI=1S/C32H33FN4O2/c1-3-5-20-35(32(39)34-26-18-12-23(4-2)13-19-26)22-30(38)37-28-10-7-6-9-27(28)36-21-8-11-29(36)31(37)24-14-16-25(33)17-15-24/h6-19,21,31H,3-5,20,22H2,1-2H3,(H,34,39). The van der Waals surface area contributed by atoms with Gasteiger partial charge in [0.05, 0.1) is 17.1 Å². The molecular formula is C32H33FN4O2. The van der Waals surface area contributed by atoms with Crippen LogP contribution < -0.4 is 10.2 Å². The number of nitrogens with zero attached hydrogens (tertiary/aromatic N) is 3. The molecule has 39 heavy (non-hydrogen) atoms. The summed E-state index contributed by atoms with van der Waals surface area (Å²) in [6.45, 7) is 4.50. The topological polar surface area (TPSA) is 57.6 Å². The van der Waals surface area contributed by atoms with Crippen molar-refractivity contribution >= 4 is 23.3 Å². The average molecular weight is 525 g/mol. The molecule has 0 bridgehead atoms. The van der Waals surface area contributed by atoms with Crippen LogP contribution >= 0.6 is 0 Å². The van der Waals surface area contributed by atoms with E-state index in [1.165, 1.54) is 17.7 Å². The number of anilines is 2. The number of amides is 3. The lowest BCUT2D eigenvalue weighted by Gasteiger charge is -2.39. The van der Waals surface area contributed by atoms with E-state index in [1.807, 2.05) is 66.9 Å². The SMILES string of the molecule is CCCCN(CC(=O)N1c2ccccc2-n2cccc2C1c1ccc(F)cc1)C(=O)Nc1ccc(CC)cc1. The van der Waals surface area contributed by atoms with Gasteiger partial charge in [-0.05, 0) is 72.5 Å². The van der Waals surface area contributed by atoms with E-state index in [0.717, 1.165) is 41.9 Å². The Morgan fingerprint density at radius 3 is 2.31 bits per heavy atom. The highest BCUT2D eigenvalue weighted by molar-refractivity contribution is 6.01. The summed E-state index contributed by atoms with van der Waals surface area (Å²) >= 11 is 0. The van der Waals surface area contributed by atoms with Crippen molar-refractivity contribution in [3.63, 3.8) is 0 Å². The van der Waals surface area contributed by atoms with Crippen LogP contribution in [0, 0.1) is 5.82 Å². The summed E-state index contributed by atoms with van der Waals surface area (Å²) in [5, 5.41) is 2.96. The van der Waals surface area contributed by atoms with Gasteiger partial charge >= 0.3 is 6.03 Å². The van der Waals surface area contributed by atoms with Crippen molar-refractivity contribution < 1.29 is 14.0 Å². The molecule has 0 saturated carbocycles. The van der Waals surface area contributed by atoms with Crippen LogP contribution in [0.4, 0.5) is 20.6 Å². The third-order valence-corrected chi connectivity index (χ3v) is 7.18. The number of aryl methyl sites for hydroxylation is 1. The Labute approximate surface area is 228 Å². The molecule has 2 heterocycles. The molecule has 7 heteroatoms. The highest BCUT2D eigenvalue weighted by atomic mass is 19.1. The van der Waals surface area contributed by atoms with Crippen molar-refractivity contribution in [1.82, 2.24) is 9.47 Å². The van der Waals surface area contributed by atoms with Crippen molar-refractivity contribution in [2.75, 3.05) is 23.3 Å². The number of para-hydroxylation sites is 2. The number of carbonyl (C=O) groups excluding carboxylic acids is 2. The Morgan fingerprint density at radius 2 is 1.62 bits per heavy atom. The minimum absolute atomic E-state index is 0.0917. The normalized spacial score (nSPS) is 13.9. The van der Waals surface area contributed by atoms with Gasteiger partial charge in [-0.3, -0.25) is 9.69 Å². The minimum atomic E-state index is -0.472. The quantitative estimate of drug-likeness (QED) is 0.271. The summed E-state index contributed by atoms with van der Waals surface area (Å²) in [6, 6.07) is 24.9. The number of fused-ring (bicyclic) bond motifs is 3. The van der Waals surface area contributed by atoms with Gasteiger partial charge in [0.25, 0.3) is 0 Å². The Bertz CT molecular complexity index is 1450. The molecule has 4 aromatic rings. The van der Waals surface area contributed by atoms with Gasteiger partial charge in [-0.25, -0.2) is 9.18 Å². The molecule has 3 amide bonds. The monoisotopic (exact) mass is 524 g/mol. The van der Waals surface area contributed by atoms with Crippen LogP contribution in [0.1, 0.15) is 49.6 Å². The molecule has 0 spiro atoms. The summed E-state index contributed by atoms with van der Waals surface area (Å²) in [4.78, 5) is 30.9. The van der Waals surface area contributed by atoms with E-state index in [2.05, 4.69) is 23.7 Å². The molecule has 3 aromatic carbocycles. The van der Waals surface area contributed by atoms with Gasteiger partial charge in [-0.2, -0.15) is 0 Å². The van der Waals surface area contributed by atoms with Gasteiger partial charge in [0.2, 0.25) is 5.91 Å². The molecule has 0 aliphatic carbocycles. The first-order chi connectivity index (χ1) is 19.0. The van der Waals surface area contributed by atoms with Crippen molar-refractivity contribution in [1.29, 1.82) is 0 Å². The zero-order chi connectivity index (χ0) is 27.4. The Kier molecular flexibility index (Phi) is 7.77. The number of hydrogen-bond donors (Lipinski definition) is 1. The Balaban J connectivity index is 1.48. The van der Waals surface area contributed by atoms with Crippen LogP contribution in [0.3, 0.4) is 0 Å². The second-order valence-electron chi connectivity index (χ2n) is 9.77. The molecular weight excluding hydrogens is 491 g/mol. The number of urea groups is 1. The van der Waals surface area contributed by atoms with Gasteiger partial charge in [0.1, 0.15) is 18.4 Å². The van der Waals surface area contributed by atoms with Crippen LogP contribution in [-0.4, -0.2) is 34.5 Å². The summed E-state index contributed by atoms with van der Waals surface area (Å²) in [6.07, 6.45) is 4.55. The van der Waals surface area contributed by atoms with Crippen LogP contribution in [0.2, 0.25) is 0 Å². The van der Waals surface area contributed by atoms with Crippen LogP contribution in [0.15, 0.2) is 91.1 Å². The van der Waals surface area contributed by atoms with E-state index >= 15 is 0 Å². The van der Waals surface area contributed by atoms with E-state index in [0.29, 0.717) is 12.2 Å². The van der Waals surface area contributed by atoms with Crippen LogP contribution in [0.25, 0.3) is 5.69 Å². The van der Waals surface area contributed by atoms with Gasteiger partial charge in [-0.15, -0.1) is 0 Å². The third kappa shape index (κ3) is 5.43. The lowest BCUT2D eigenvalue weighted by Crippen LogP contribution is -2.48. The van der Waals surface area contributed by atoms with Gasteiger partial charge in [0, 0.05) is 18.4 Å². The smallest absolute Gasteiger partial charge is 0.316 e. The summed E-state index contributed by atoms with van der Waals surface area (Å²) in [5.74, 6) is -0.547. The van der Waals surface area contributed by atoms with Crippen LogP contribution in [0.5, 0.6) is 0 Å². The van der Waals surface area contributed by atoms with Gasteiger partial charge in [0.15, 0.2) is 0 Å². The second-order valence-corrected chi connectivity index (χ2v) is 9.77. The first-order valence-electron chi connectivity index (χ1n) is 13.5. The lowest BCUT2D eigenvalue weighted by molar-refractivity contribution is -0.119. The molecule has 1 aromatic heterocycles. The van der Waals surface area contributed by atoms with E-state index in [9.17, 15) is 14.0 Å². The lowest BCUT2D eigenvalue weighted by atomic mass is 9.97. The fourth-order valence-electron chi connectivity index (χ4n) is 5.09. The average Bonchev–Trinajstić information content (AvgIpc) is 3.45. The van der Waals surface area contributed by atoms with Crippen molar-refractivity contribution in [2.45, 2.75) is 39.2 Å². The first-order valence-corrected chi connectivity index (χ1v) is 13.5. The molecule has 0 saturated heterocycles. The molecule has 5 rings (SSSR count). The highest BCUT2D eigenvalue weighted by Gasteiger charge is 2.37. The maximum atomic E-state index is 14.2. The van der Waals surface area contributed by atoms with Gasteiger partial charge < -0.3 is 14.8 Å². The summed E-state index contributed by atoms with van der Waals surface area (Å²) < 4.78 is 15.9.